The third-order valence-corrected chi connectivity index (χ3v) is 0.366. The van der Waals surface area contributed by atoms with Crippen molar-refractivity contribution in [1.82, 2.24) is 0 Å². The van der Waals surface area contributed by atoms with Gasteiger partial charge in [0.25, 0.3) is 0 Å². The molecule has 0 aromatic rings. The van der Waals surface area contributed by atoms with E-state index in [9.17, 15) is 8.78 Å². The van der Waals surface area contributed by atoms with Crippen molar-refractivity contribution in [2.75, 3.05) is 13.3 Å². The standard InChI is InChI=1S/C3H6F2O/c4-1-3(5)2-6/h3,6H,1-2H2. The van der Waals surface area contributed by atoms with Crippen molar-refractivity contribution in [3.05, 3.63) is 0 Å². The van der Waals surface area contributed by atoms with E-state index in [0.717, 1.165) is 0 Å². The minimum atomic E-state index is -1.68. The summed E-state index contributed by atoms with van der Waals surface area (Å²) in [5.41, 5.74) is 0. The first kappa shape index (κ1) is 5.82. The number of rotatable bonds is 2. The molecule has 1 unspecified atom stereocenters. The van der Waals surface area contributed by atoms with E-state index in [2.05, 4.69) is 0 Å². The third kappa shape index (κ3) is 2.08. The fourth-order valence-electron chi connectivity index (χ4n) is 0.0488. The van der Waals surface area contributed by atoms with Crippen molar-refractivity contribution in [1.29, 1.82) is 0 Å². The molecular formula is C3H6F2O. The third-order valence-electron chi connectivity index (χ3n) is 0.366. The van der Waals surface area contributed by atoms with Crippen LogP contribution in [0, 0.1) is 0 Å². The summed E-state index contributed by atoms with van der Waals surface area (Å²) in [6.07, 6.45) is -1.68. The predicted octanol–water partition coefficient (Wildman–Crippen LogP) is 0.286. The average Bonchev–Trinajstić information content (AvgIpc) is 1.65. The van der Waals surface area contributed by atoms with Crippen LogP contribution in [-0.4, -0.2) is 24.6 Å². The van der Waals surface area contributed by atoms with Gasteiger partial charge in [0, 0.05) is 0 Å². The quantitative estimate of drug-likeness (QED) is 0.523. The van der Waals surface area contributed by atoms with E-state index in [0.29, 0.717) is 0 Å². The molecule has 0 heterocycles. The second kappa shape index (κ2) is 3.03. The van der Waals surface area contributed by atoms with E-state index >= 15 is 0 Å². The van der Waals surface area contributed by atoms with Crippen LogP contribution in [0.25, 0.3) is 0 Å². The molecule has 38 valence electrons. The van der Waals surface area contributed by atoms with Crippen LogP contribution < -0.4 is 0 Å². The van der Waals surface area contributed by atoms with Gasteiger partial charge in [-0.05, 0) is 0 Å². The summed E-state index contributed by atoms with van der Waals surface area (Å²) in [6.45, 7) is -1.80. The molecule has 0 aliphatic rings. The Balaban J connectivity index is 2.75. The number of hydrogen-bond donors (Lipinski definition) is 1. The topological polar surface area (TPSA) is 20.2 Å². The fourth-order valence-corrected chi connectivity index (χ4v) is 0.0488. The summed E-state index contributed by atoms with van der Waals surface area (Å²) < 4.78 is 22.1. The second-order valence-electron chi connectivity index (χ2n) is 0.934. The van der Waals surface area contributed by atoms with Gasteiger partial charge >= 0.3 is 0 Å². The Morgan fingerprint density at radius 2 is 2.17 bits per heavy atom. The summed E-state index contributed by atoms with van der Waals surface area (Å²) in [7, 11) is 0. The Morgan fingerprint density at radius 3 is 2.17 bits per heavy atom. The molecule has 0 radical (unpaired) electrons. The summed E-state index contributed by atoms with van der Waals surface area (Å²) in [4.78, 5) is 0. The van der Waals surface area contributed by atoms with Crippen LogP contribution >= 0.6 is 0 Å². The Kier molecular flexibility index (Phi) is 2.94. The first-order valence-corrected chi connectivity index (χ1v) is 1.62. The van der Waals surface area contributed by atoms with Gasteiger partial charge in [0.1, 0.15) is 6.67 Å². The molecule has 0 saturated heterocycles. The largest absolute Gasteiger partial charge is 0.393 e. The lowest BCUT2D eigenvalue weighted by Gasteiger charge is -1.91. The molecule has 0 saturated carbocycles. The minimum Gasteiger partial charge on any atom is -0.393 e. The van der Waals surface area contributed by atoms with E-state index in [1.54, 1.807) is 0 Å². The van der Waals surface area contributed by atoms with Crippen molar-refractivity contribution in [2.24, 2.45) is 0 Å². The second-order valence-corrected chi connectivity index (χ2v) is 0.934. The number of aliphatic hydroxyl groups excluding tert-OH is 1. The van der Waals surface area contributed by atoms with Gasteiger partial charge in [-0.2, -0.15) is 0 Å². The Morgan fingerprint density at radius 1 is 1.67 bits per heavy atom. The molecule has 0 aliphatic carbocycles. The van der Waals surface area contributed by atoms with Gasteiger partial charge in [-0.3, -0.25) is 0 Å². The van der Waals surface area contributed by atoms with Gasteiger partial charge in [0.2, 0.25) is 0 Å². The van der Waals surface area contributed by atoms with Gasteiger partial charge in [-0.15, -0.1) is 0 Å². The van der Waals surface area contributed by atoms with Crippen LogP contribution in [0.3, 0.4) is 0 Å². The molecule has 1 N–H and O–H groups in total. The monoisotopic (exact) mass is 96.0 g/mol. The highest BCUT2D eigenvalue weighted by atomic mass is 19.2. The van der Waals surface area contributed by atoms with E-state index < -0.39 is 19.5 Å². The lowest BCUT2D eigenvalue weighted by Crippen LogP contribution is -2.06. The molecule has 0 amide bonds. The van der Waals surface area contributed by atoms with Crippen LogP contribution in [0.2, 0.25) is 0 Å². The maximum atomic E-state index is 11.2. The molecule has 3 heteroatoms. The summed E-state index contributed by atoms with van der Waals surface area (Å²) >= 11 is 0. The van der Waals surface area contributed by atoms with Crippen LogP contribution in [0.4, 0.5) is 8.78 Å². The normalized spacial score (nSPS) is 14.5. The highest BCUT2D eigenvalue weighted by Crippen LogP contribution is 1.86. The fraction of sp³-hybridized carbons (Fsp3) is 1.00. The highest BCUT2D eigenvalue weighted by Gasteiger charge is 1.98. The van der Waals surface area contributed by atoms with Crippen LogP contribution in [0.1, 0.15) is 0 Å². The van der Waals surface area contributed by atoms with Gasteiger partial charge in [-0.25, -0.2) is 8.78 Å². The Bertz CT molecular complexity index is 28.0. The zero-order chi connectivity index (χ0) is 4.99. The predicted molar refractivity (Wildman–Crippen MR) is 18.0 cm³/mol. The zero-order valence-electron chi connectivity index (χ0n) is 3.19. The number of alkyl halides is 2. The van der Waals surface area contributed by atoms with Crippen molar-refractivity contribution in [3.63, 3.8) is 0 Å². The smallest absolute Gasteiger partial charge is 0.151 e. The van der Waals surface area contributed by atoms with Crippen LogP contribution in [0.5, 0.6) is 0 Å². The van der Waals surface area contributed by atoms with E-state index in [4.69, 9.17) is 5.11 Å². The molecule has 0 rings (SSSR count). The molecule has 1 nitrogen and oxygen atoms in total. The lowest BCUT2D eigenvalue weighted by molar-refractivity contribution is 0.151. The SMILES string of the molecule is OCC(F)CF. The number of halogens is 2. The van der Waals surface area contributed by atoms with E-state index in [1.165, 1.54) is 0 Å². The van der Waals surface area contributed by atoms with Gasteiger partial charge in [0.05, 0.1) is 6.61 Å². The van der Waals surface area contributed by atoms with Gasteiger partial charge in [-0.1, -0.05) is 0 Å². The summed E-state index contributed by atoms with van der Waals surface area (Å²) in [5.74, 6) is 0. The summed E-state index contributed by atoms with van der Waals surface area (Å²) in [5, 5.41) is 7.72. The molecule has 0 spiro atoms. The number of aliphatic hydroxyl groups is 1. The average molecular weight is 96.1 g/mol. The molecule has 0 aromatic heterocycles. The molecule has 0 aromatic carbocycles. The van der Waals surface area contributed by atoms with Crippen LogP contribution in [-0.2, 0) is 0 Å². The maximum absolute atomic E-state index is 11.2. The van der Waals surface area contributed by atoms with Crippen LogP contribution in [0.15, 0.2) is 0 Å². The first-order chi connectivity index (χ1) is 2.81. The number of hydrogen-bond acceptors (Lipinski definition) is 1. The van der Waals surface area contributed by atoms with Crippen molar-refractivity contribution < 1.29 is 13.9 Å². The van der Waals surface area contributed by atoms with Crippen molar-refractivity contribution >= 4 is 0 Å². The highest BCUT2D eigenvalue weighted by molar-refractivity contribution is 4.45. The molecular weight excluding hydrogens is 90.0 g/mol. The lowest BCUT2D eigenvalue weighted by atomic mass is 10.5. The minimum absolute atomic E-state index is 0.712. The van der Waals surface area contributed by atoms with E-state index in [-0.39, 0.29) is 0 Å². The zero-order valence-corrected chi connectivity index (χ0v) is 3.19. The van der Waals surface area contributed by atoms with Crippen molar-refractivity contribution in [2.45, 2.75) is 6.17 Å². The molecule has 0 bridgehead atoms. The van der Waals surface area contributed by atoms with Gasteiger partial charge in [0.15, 0.2) is 6.17 Å². The Hall–Kier alpha value is -0.180. The summed E-state index contributed by atoms with van der Waals surface area (Å²) in [6, 6.07) is 0. The maximum Gasteiger partial charge on any atom is 0.151 e. The Labute approximate surface area is 34.6 Å². The molecule has 1 atom stereocenters. The van der Waals surface area contributed by atoms with Crippen molar-refractivity contribution in [3.8, 4) is 0 Å². The molecule has 0 aliphatic heterocycles. The molecule has 6 heavy (non-hydrogen) atoms. The van der Waals surface area contributed by atoms with E-state index in [1.807, 2.05) is 0 Å². The molecule has 0 fully saturated rings. The van der Waals surface area contributed by atoms with Gasteiger partial charge < -0.3 is 5.11 Å². The first-order valence-electron chi connectivity index (χ1n) is 1.62.